The number of urea groups is 1. The number of nitrogens with zero attached hydrogens (tertiary/aromatic N) is 1. The Kier molecular flexibility index (Phi) is 9.80. The van der Waals surface area contributed by atoms with E-state index in [4.69, 9.17) is 25.8 Å². The molecule has 35 heavy (non-hydrogen) atoms. The van der Waals surface area contributed by atoms with Crippen LogP contribution < -0.4 is 25.0 Å². The molecule has 0 unspecified atom stereocenters. The van der Waals surface area contributed by atoms with Crippen LogP contribution in [-0.4, -0.2) is 32.6 Å². The third kappa shape index (κ3) is 7.93. The molecule has 3 aromatic carbocycles. The van der Waals surface area contributed by atoms with E-state index >= 15 is 0 Å². The van der Waals surface area contributed by atoms with Gasteiger partial charge in [0.2, 0.25) is 0 Å². The van der Waals surface area contributed by atoms with E-state index in [1.54, 1.807) is 24.3 Å². The minimum atomic E-state index is -0.458. The SMILES string of the molecule is CC[C@@H](C)c1ccc(OCCOc2c(Cl)cc(C=NNC(=O)Nc3ccccc3)cc2OC)cc1. The number of para-hydroxylation sites is 1. The van der Waals surface area contributed by atoms with Gasteiger partial charge in [-0.1, -0.05) is 55.8 Å². The Morgan fingerprint density at radius 1 is 1.06 bits per heavy atom. The highest BCUT2D eigenvalue weighted by molar-refractivity contribution is 6.32. The Morgan fingerprint density at radius 2 is 1.77 bits per heavy atom. The molecule has 0 bridgehead atoms. The number of ether oxygens (including phenoxy) is 3. The van der Waals surface area contributed by atoms with Gasteiger partial charge in [-0.25, -0.2) is 10.2 Å². The zero-order valence-electron chi connectivity index (χ0n) is 20.1. The summed E-state index contributed by atoms with van der Waals surface area (Å²) in [5.74, 6) is 2.17. The monoisotopic (exact) mass is 495 g/mol. The number of amides is 2. The van der Waals surface area contributed by atoms with Crippen LogP contribution in [0, 0.1) is 0 Å². The van der Waals surface area contributed by atoms with Crippen molar-refractivity contribution in [3.05, 3.63) is 82.9 Å². The molecule has 0 radical (unpaired) electrons. The second kappa shape index (κ2) is 13.2. The Hall–Kier alpha value is -3.71. The molecule has 2 N–H and O–H groups in total. The Balaban J connectivity index is 1.51. The second-order valence-electron chi connectivity index (χ2n) is 7.80. The first kappa shape index (κ1) is 25.9. The molecule has 3 aromatic rings. The number of hydrogen-bond donors (Lipinski definition) is 2. The summed E-state index contributed by atoms with van der Waals surface area (Å²) in [6.45, 7) is 5.02. The predicted octanol–water partition coefficient (Wildman–Crippen LogP) is 6.48. The van der Waals surface area contributed by atoms with Crippen LogP contribution >= 0.6 is 11.6 Å². The van der Waals surface area contributed by atoms with Crippen LogP contribution in [0.2, 0.25) is 5.02 Å². The number of methoxy groups -OCH3 is 1. The number of rotatable bonds is 11. The molecule has 0 aliphatic rings. The van der Waals surface area contributed by atoms with Crippen molar-refractivity contribution in [2.75, 3.05) is 25.6 Å². The molecule has 184 valence electrons. The van der Waals surface area contributed by atoms with Crippen LogP contribution in [0.3, 0.4) is 0 Å². The van der Waals surface area contributed by atoms with Gasteiger partial charge in [0.1, 0.15) is 19.0 Å². The third-order valence-corrected chi connectivity index (χ3v) is 5.60. The van der Waals surface area contributed by atoms with Crippen molar-refractivity contribution in [1.29, 1.82) is 0 Å². The van der Waals surface area contributed by atoms with Crippen LogP contribution in [0.25, 0.3) is 0 Å². The van der Waals surface area contributed by atoms with Gasteiger partial charge in [-0.15, -0.1) is 0 Å². The molecule has 2 amide bonds. The number of benzene rings is 3. The highest BCUT2D eigenvalue weighted by Gasteiger charge is 2.12. The number of carbonyl (C=O) groups is 1. The largest absolute Gasteiger partial charge is 0.493 e. The lowest BCUT2D eigenvalue weighted by atomic mass is 9.99. The zero-order chi connectivity index (χ0) is 25.0. The summed E-state index contributed by atoms with van der Waals surface area (Å²) in [6, 6.07) is 20.1. The highest BCUT2D eigenvalue weighted by Crippen LogP contribution is 2.36. The van der Waals surface area contributed by atoms with Gasteiger partial charge in [-0.05, 0) is 59.9 Å². The third-order valence-electron chi connectivity index (χ3n) is 5.32. The van der Waals surface area contributed by atoms with Gasteiger partial charge in [-0.2, -0.15) is 5.10 Å². The van der Waals surface area contributed by atoms with Crippen molar-refractivity contribution in [3.63, 3.8) is 0 Å². The van der Waals surface area contributed by atoms with E-state index in [1.807, 2.05) is 30.3 Å². The van der Waals surface area contributed by atoms with E-state index in [2.05, 4.69) is 41.8 Å². The lowest BCUT2D eigenvalue weighted by molar-refractivity contribution is 0.211. The normalized spacial score (nSPS) is 11.7. The maximum Gasteiger partial charge on any atom is 0.339 e. The number of hydrazone groups is 1. The minimum Gasteiger partial charge on any atom is -0.493 e. The molecular formula is C27H30ClN3O4. The van der Waals surface area contributed by atoms with Crippen molar-refractivity contribution in [3.8, 4) is 17.2 Å². The topological polar surface area (TPSA) is 81.2 Å². The molecular weight excluding hydrogens is 466 g/mol. The van der Waals surface area contributed by atoms with Crippen molar-refractivity contribution in [2.45, 2.75) is 26.2 Å². The molecule has 0 fully saturated rings. The first-order chi connectivity index (χ1) is 17.0. The molecule has 7 nitrogen and oxygen atoms in total. The molecule has 0 saturated heterocycles. The standard InChI is InChI=1S/C27H30ClN3O4/c1-4-19(2)21-10-12-23(13-11-21)34-14-15-35-26-24(28)16-20(17-25(26)33-3)18-29-31-27(32)30-22-8-6-5-7-9-22/h5-13,16-19H,4,14-15H2,1-3H3,(H2,30,31,32)/t19-/m1/s1. The Labute approximate surface area is 211 Å². The van der Waals surface area contributed by atoms with E-state index in [1.165, 1.54) is 18.9 Å². The lowest BCUT2D eigenvalue weighted by Crippen LogP contribution is -2.24. The summed E-state index contributed by atoms with van der Waals surface area (Å²) < 4.78 is 17.0. The number of hydrogen-bond acceptors (Lipinski definition) is 5. The van der Waals surface area contributed by atoms with Crippen LogP contribution in [0.1, 0.15) is 37.3 Å². The molecule has 0 spiro atoms. The molecule has 8 heteroatoms. The highest BCUT2D eigenvalue weighted by atomic mass is 35.5. The smallest absolute Gasteiger partial charge is 0.339 e. The van der Waals surface area contributed by atoms with E-state index in [9.17, 15) is 4.79 Å². The van der Waals surface area contributed by atoms with E-state index in [-0.39, 0.29) is 6.61 Å². The summed E-state index contributed by atoms with van der Waals surface area (Å²) in [6.07, 6.45) is 2.57. The summed E-state index contributed by atoms with van der Waals surface area (Å²) in [5.41, 5.74) is 5.01. The quantitative estimate of drug-likeness (QED) is 0.181. The van der Waals surface area contributed by atoms with Crippen molar-refractivity contribution in [2.24, 2.45) is 5.10 Å². The van der Waals surface area contributed by atoms with Crippen molar-refractivity contribution >= 4 is 29.5 Å². The molecule has 0 aliphatic carbocycles. The summed E-state index contributed by atoms with van der Waals surface area (Å²) in [7, 11) is 1.53. The summed E-state index contributed by atoms with van der Waals surface area (Å²) in [4.78, 5) is 11.9. The first-order valence-corrected chi connectivity index (χ1v) is 11.8. The van der Waals surface area contributed by atoms with E-state index in [0.717, 1.165) is 12.2 Å². The molecule has 0 heterocycles. The van der Waals surface area contributed by atoms with Gasteiger partial charge >= 0.3 is 6.03 Å². The van der Waals surface area contributed by atoms with Crippen molar-refractivity contribution in [1.82, 2.24) is 5.43 Å². The fourth-order valence-corrected chi connectivity index (χ4v) is 3.51. The van der Waals surface area contributed by atoms with Crippen LogP contribution in [0.4, 0.5) is 10.5 Å². The van der Waals surface area contributed by atoms with Gasteiger partial charge in [0, 0.05) is 5.69 Å². The zero-order valence-corrected chi connectivity index (χ0v) is 20.8. The van der Waals surface area contributed by atoms with Crippen LogP contribution in [-0.2, 0) is 0 Å². The van der Waals surface area contributed by atoms with Crippen molar-refractivity contribution < 1.29 is 19.0 Å². The summed E-state index contributed by atoms with van der Waals surface area (Å²) in [5, 5.41) is 6.99. The molecule has 1 atom stereocenters. The minimum absolute atomic E-state index is 0.290. The lowest BCUT2D eigenvalue weighted by Gasteiger charge is -2.14. The molecule has 0 aliphatic heterocycles. The maximum atomic E-state index is 11.9. The van der Waals surface area contributed by atoms with Gasteiger partial charge in [-0.3, -0.25) is 0 Å². The number of anilines is 1. The van der Waals surface area contributed by atoms with Gasteiger partial charge in [0.15, 0.2) is 11.5 Å². The molecule has 0 aromatic heterocycles. The second-order valence-corrected chi connectivity index (χ2v) is 8.21. The van der Waals surface area contributed by atoms with Gasteiger partial charge in [0.05, 0.1) is 18.3 Å². The van der Waals surface area contributed by atoms with E-state index in [0.29, 0.717) is 40.3 Å². The fourth-order valence-electron chi connectivity index (χ4n) is 3.23. The van der Waals surface area contributed by atoms with Gasteiger partial charge in [0.25, 0.3) is 0 Å². The average Bonchev–Trinajstić information content (AvgIpc) is 2.87. The summed E-state index contributed by atoms with van der Waals surface area (Å²) >= 11 is 6.41. The van der Waals surface area contributed by atoms with E-state index < -0.39 is 6.03 Å². The maximum absolute atomic E-state index is 11.9. The van der Waals surface area contributed by atoms with Gasteiger partial charge < -0.3 is 19.5 Å². The number of halogens is 1. The first-order valence-electron chi connectivity index (χ1n) is 11.4. The predicted molar refractivity (Wildman–Crippen MR) is 140 cm³/mol. The Morgan fingerprint density at radius 3 is 2.46 bits per heavy atom. The average molecular weight is 496 g/mol. The number of nitrogens with one attached hydrogen (secondary N) is 2. The molecule has 0 saturated carbocycles. The van der Waals surface area contributed by atoms with Crippen LogP contribution in [0.15, 0.2) is 71.8 Å². The van der Waals surface area contributed by atoms with Crippen LogP contribution in [0.5, 0.6) is 17.2 Å². The fraction of sp³-hybridized carbons (Fsp3) is 0.259. The number of carbonyl (C=O) groups excluding carboxylic acids is 1. The molecule has 3 rings (SSSR count). The Bertz CT molecular complexity index is 1120.